The first-order chi connectivity index (χ1) is 15.1. The lowest BCUT2D eigenvalue weighted by Crippen LogP contribution is -2.39. The summed E-state index contributed by atoms with van der Waals surface area (Å²) in [5.74, 6) is 0. The molecule has 0 radical (unpaired) electrons. The van der Waals surface area contributed by atoms with Gasteiger partial charge < -0.3 is 4.42 Å². The van der Waals surface area contributed by atoms with Gasteiger partial charge in [-0.25, -0.2) is 4.98 Å². The lowest BCUT2D eigenvalue weighted by molar-refractivity contribution is -0.633. The number of hydrogen-bond donors (Lipinski definition) is 0. The van der Waals surface area contributed by atoms with E-state index in [1.807, 2.05) is 6.92 Å². The van der Waals surface area contributed by atoms with Crippen molar-refractivity contribution in [3.8, 4) is 11.3 Å². The van der Waals surface area contributed by atoms with Crippen LogP contribution in [0.15, 0.2) is 46.9 Å². The Kier molecular flexibility index (Phi) is 4.58. The Morgan fingerprint density at radius 3 is 2.28 bits per heavy atom. The van der Waals surface area contributed by atoms with Gasteiger partial charge in [-0.15, -0.1) is 0 Å². The number of furan rings is 1. The molecule has 0 aliphatic heterocycles. The highest BCUT2D eigenvalue weighted by atomic mass is 28.3. The van der Waals surface area contributed by atoms with Crippen LogP contribution in [0.3, 0.4) is 0 Å². The Bertz CT molecular complexity index is 1550. The van der Waals surface area contributed by atoms with Crippen molar-refractivity contribution in [3.63, 3.8) is 0 Å². The molecule has 3 nitrogen and oxygen atoms in total. The second-order valence-electron chi connectivity index (χ2n) is 10.2. The van der Waals surface area contributed by atoms with Crippen molar-refractivity contribution < 1.29 is 8.98 Å². The summed E-state index contributed by atoms with van der Waals surface area (Å²) in [6.07, 6.45) is 0. The maximum absolute atomic E-state index is 6.41. The van der Waals surface area contributed by atoms with Gasteiger partial charge in [-0.2, -0.15) is 4.57 Å². The first-order valence-corrected chi connectivity index (χ1v) is 14.8. The summed E-state index contributed by atoms with van der Waals surface area (Å²) in [5, 5.41) is 5.04. The molecule has 2 aromatic carbocycles. The predicted molar refractivity (Wildman–Crippen MR) is 138 cm³/mol. The van der Waals surface area contributed by atoms with Crippen LogP contribution in [0, 0.1) is 27.7 Å². The van der Waals surface area contributed by atoms with E-state index in [1.165, 1.54) is 38.5 Å². The van der Waals surface area contributed by atoms with Gasteiger partial charge in [-0.05, 0) is 68.7 Å². The molecule has 0 N–H and O–H groups in total. The molecule has 3 aromatic heterocycles. The molecule has 5 rings (SSSR count). The molecule has 0 bridgehead atoms. The molecule has 4 heteroatoms. The average Bonchev–Trinajstić information content (AvgIpc) is 3.07. The normalized spacial score (nSPS) is 12.4. The molecule has 5 aromatic rings. The van der Waals surface area contributed by atoms with Gasteiger partial charge in [0.05, 0.1) is 13.6 Å². The first-order valence-electron chi connectivity index (χ1n) is 11.3. The highest BCUT2D eigenvalue weighted by Crippen LogP contribution is 2.38. The fraction of sp³-hybridized carbons (Fsp3) is 0.286. The zero-order chi connectivity index (χ0) is 22.9. The van der Waals surface area contributed by atoms with Crippen LogP contribution >= 0.6 is 0 Å². The standard InChI is InChI=1S/C28H31N2OSi/c1-16-13-23-21-11-9-18(3)29-28(21)31-27(23)26(19(16)4)25-14-17(2)22-15-20(32(6,7)8)10-12-24(22)30(25)5/h9-15H,1-8H3/q+1. The van der Waals surface area contributed by atoms with Gasteiger partial charge in [-0.3, -0.25) is 0 Å². The van der Waals surface area contributed by atoms with E-state index in [4.69, 9.17) is 4.42 Å². The Morgan fingerprint density at radius 1 is 0.812 bits per heavy atom. The van der Waals surface area contributed by atoms with E-state index in [1.54, 1.807) is 0 Å². The number of fused-ring (bicyclic) bond motifs is 4. The fourth-order valence-corrected chi connectivity index (χ4v) is 5.94. The third-order valence-corrected chi connectivity index (χ3v) is 8.95. The molecule has 0 aliphatic rings. The molecule has 32 heavy (non-hydrogen) atoms. The molecule has 0 saturated carbocycles. The summed E-state index contributed by atoms with van der Waals surface area (Å²) >= 11 is 0. The number of aromatic nitrogens is 2. The molecule has 0 atom stereocenters. The van der Waals surface area contributed by atoms with Gasteiger partial charge in [0.15, 0.2) is 5.58 Å². The van der Waals surface area contributed by atoms with Gasteiger partial charge in [0, 0.05) is 34.0 Å². The van der Waals surface area contributed by atoms with Crippen molar-refractivity contribution in [2.24, 2.45) is 7.05 Å². The molecule has 0 saturated heterocycles. The topological polar surface area (TPSA) is 29.9 Å². The van der Waals surface area contributed by atoms with E-state index in [0.29, 0.717) is 5.71 Å². The largest absolute Gasteiger partial charge is 0.437 e. The maximum Gasteiger partial charge on any atom is 0.227 e. The number of nitrogens with zero attached hydrogens (tertiary/aromatic N) is 2. The van der Waals surface area contributed by atoms with E-state index in [2.05, 4.69) is 99.5 Å². The SMILES string of the molecule is Cc1ccc2c(n1)oc1c(-c3cc(C)c4cc([Si](C)(C)C)ccc4[n+]3C)c(C)c(C)cc12. The van der Waals surface area contributed by atoms with Crippen LogP contribution in [-0.2, 0) is 7.05 Å². The molecule has 0 fully saturated rings. The van der Waals surface area contributed by atoms with Crippen molar-refractivity contribution in [3.05, 3.63) is 64.8 Å². The number of pyridine rings is 2. The monoisotopic (exact) mass is 439 g/mol. The van der Waals surface area contributed by atoms with Crippen LogP contribution in [0.25, 0.3) is 44.2 Å². The van der Waals surface area contributed by atoms with Gasteiger partial charge in [0.1, 0.15) is 7.05 Å². The molecule has 0 aliphatic carbocycles. The average molecular weight is 440 g/mol. The molecular weight excluding hydrogens is 408 g/mol. The summed E-state index contributed by atoms with van der Waals surface area (Å²) in [5.41, 5.74) is 10.0. The number of rotatable bonds is 2. The molecule has 0 unspecified atom stereocenters. The van der Waals surface area contributed by atoms with Crippen LogP contribution < -0.4 is 9.75 Å². The second-order valence-corrected chi connectivity index (χ2v) is 15.3. The van der Waals surface area contributed by atoms with E-state index in [0.717, 1.165) is 27.6 Å². The Hall–Kier alpha value is -2.98. The zero-order valence-electron chi connectivity index (χ0n) is 20.3. The third-order valence-electron chi connectivity index (χ3n) is 6.91. The number of hydrogen-bond acceptors (Lipinski definition) is 2. The first kappa shape index (κ1) is 20.9. The summed E-state index contributed by atoms with van der Waals surface area (Å²) in [4.78, 5) is 4.66. The van der Waals surface area contributed by atoms with Crippen molar-refractivity contribution in [2.45, 2.75) is 47.3 Å². The fourth-order valence-electron chi connectivity index (χ4n) is 4.78. The molecule has 0 spiro atoms. The summed E-state index contributed by atoms with van der Waals surface area (Å²) in [7, 11) is 0.795. The highest BCUT2D eigenvalue weighted by molar-refractivity contribution is 6.88. The second kappa shape index (κ2) is 7.01. The minimum absolute atomic E-state index is 0.714. The quantitative estimate of drug-likeness (QED) is 0.235. The lowest BCUT2D eigenvalue weighted by Gasteiger charge is -2.17. The van der Waals surface area contributed by atoms with Crippen molar-refractivity contribution in [1.29, 1.82) is 0 Å². The number of benzene rings is 2. The van der Waals surface area contributed by atoms with Gasteiger partial charge >= 0.3 is 0 Å². The summed E-state index contributed by atoms with van der Waals surface area (Å²) in [6, 6.07) is 15.8. The van der Waals surface area contributed by atoms with Crippen LogP contribution in [0.5, 0.6) is 0 Å². The van der Waals surface area contributed by atoms with Crippen LogP contribution in [-0.4, -0.2) is 13.1 Å². The third kappa shape index (κ3) is 3.08. The van der Waals surface area contributed by atoms with Crippen LogP contribution in [0.1, 0.15) is 22.4 Å². The van der Waals surface area contributed by atoms with E-state index >= 15 is 0 Å². The van der Waals surface area contributed by atoms with Crippen LogP contribution in [0.2, 0.25) is 19.6 Å². The summed E-state index contributed by atoms with van der Waals surface area (Å²) < 4.78 is 8.73. The van der Waals surface area contributed by atoms with Crippen molar-refractivity contribution in [2.75, 3.05) is 0 Å². The minimum Gasteiger partial charge on any atom is -0.437 e. The van der Waals surface area contributed by atoms with Gasteiger partial charge in [0.25, 0.3) is 0 Å². The van der Waals surface area contributed by atoms with E-state index < -0.39 is 8.07 Å². The van der Waals surface area contributed by atoms with Crippen LogP contribution in [0.4, 0.5) is 0 Å². The van der Waals surface area contributed by atoms with Gasteiger partial charge in [-0.1, -0.05) is 30.9 Å². The molecular formula is C28H31N2OSi+. The Labute approximate surface area is 190 Å². The smallest absolute Gasteiger partial charge is 0.227 e. The predicted octanol–water partition coefficient (Wildman–Crippen LogP) is 6.40. The number of aryl methyl sites for hydroxylation is 4. The highest BCUT2D eigenvalue weighted by Gasteiger charge is 2.26. The molecule has 162 valence electrons. The minimum atomic E-state index is -1.38. The van der Waals surface area contributed by atoms with E-state index in [-0.39, 0.29) is 0 Å². The lowest BCUT2D eigenvalue weighted by atomic mass is 9.95. The van der Waals surface area contributed by atoms with Crippen molar-refractivity contribution in [1.82, 2.24) is 4.98 Å². The Morgan fingerprint density at radius 2 is 1.56 bits per heavy atom. The van der Waals surface area contributed by atoms with Crippen molar-refractivity contribution >= 4 is 46.2 Å². The summed E-state index contributed by atoms with van der Waals surface area (Å²) in [6.45, 7) is 15.8. The molecule has 0 amide bonds. The van der Waals surface area contributed by atoms with E-state index in [9.17, 15) is 0 Å². The molecule has 3 heterocycles. The maximum atomic E-state index is 6.41. The van der Waals surface area contributed by atoms with Gasteiger partial charge in [0.2, 0.25) is 16.9 Å². The zero-order valence-corrected chi connectivity index (χ0v) is 21.3. The Balaban J connectivity index is 1.87.